The summed E-state index contributed by atoms with van der Waals surface area (Å²) in [5.74, 6) is 1.11. The molecular weight excluding hydrogens is 310 g/mol. The summed E-state index contributed by atoms with van der Waals surface area (Å²) >= 11 is 1.62. The smallest absolute Gasteiger partial charge is 0.319 e. The monoisotopic (exact) mass is 333 g/mol. The number of carbonyl (C=O) groups is 2. The predicted molar refractivity (Wildman–Crippen MR) is 93.4 cm³/mol. The van der Waals surface area contributed by atoms with Crippen LogP contribution in [0.1, 0.15) is 32.1 Å². The number of hydrogen-bond acceptors (Lipinski definition) is 3. The van der Waals surface area contributed by atoms with Gasteiger partial charge in [0.15, 0.2) is 0 Å². The first-order chi connectivity index (χ1) is 11.2. The van der Waals surface area contributed by atoms with Crippen molar-refractivity contribution in [2.45, 2.75) is 44.2 Å². The van der Waals surface area contributed by atoms with Crippen LogP contribution in [0.4, 0.5) is 10.5 Å². The number of anilines is 1. The first kappa shape index (κ1) is 16.2. The van der Waals surface area contributed by atoms with Crippen LogP contribution >= 0.6 is 11.8 Å². The second kappa shape index (κ2) is 7.73. The molecule has 0 aromatic heterocycles. The first-order valence-corrected chi connectivity index (χ1v) is 9.40. The third-order valence-electron chi connectivity index (χ3n) is 4.42. The number of thioether (sulfide) groups is 1. The highest BCUT2D eigenvalue weighted by molar-refractivity contribution is 7.99. The SMILES string of the molecule is O=C(Nc1ccccc1)[C@@H]1CSCN1C(=O)NC1CCCCC1. The number of carbonyl (C=O) groups excluding carboxylic acids is 2. The lowest BCUT2D eigenvalue weighted by molar-refractivity contribution is -0.119. The molecule has 0 bridgehead atoms. The minimum atomic E-state index is -0.399. The van der Waals surface area contributed by atoms with E-state index in [1.165, 1.54) is 19.3 Å². The van der Waals surface area contributed by atoms with E-state index in [4.69, 9.17) is 0 Å². The van der Waals surface area contributed by atoms with Crippen LogP contribution in [-0.4, -0.2) is 40.6 Å². The molecule has 1 aliphatic carbocycles. The summed E-state index contributed by atoms with van der Waals surface area (Å²) in [6.45, 7) is 0. The molecule has 3 amide bonds. The molecule has 6 heteroatoms. The molecule has 3 rings (SSSR count). The van der Waals surface area contributed by atoms with Gasteiger partial charge in [-0.25, -0.2) is 4.79 Å². The Labute approximate surface area is 141 Å². The number of para-hydroxylation sites is 1. The van der Waals surface area contributed by atoms with Crippen LogP contribution < -0.4 is 10.6 Å². The Morgan fingerprint density at radius 1 is 1.09 bits per heavy atom. The van der Waals surface area contributed by atoms with Crippen LogP contribution in [0.15, 0.2) is 30.3 Å². The number of nitrogens with zero attached hydrogens (tertiary/aromatic N) is 1. The van der Waals surface area contributed by atoms with Gasteiger partial charge in [-0.05, 0) is 25.0 Å². The maximum atomic E-state index is 12.5. The third-order valence-corrected chi connectivity index (χ3v) is 5.43. The number of nitrogens with one attached hydrogen (secondary N) is 2. The van der Waals surface area contributed by atoms with Gasteiger partial charge in [0.1, 0.15) is 6.04 Å². The average molecular weight is 333 g/mol. The van der Waals surface area contributed by atoms with E-state index in [1.54, 1.807) is 16.7 Å². The van der Waals surface area contributed by atoms with Crippen molar-refractivity contribution >= 4 is 29.4 Å². The summed E-state index contributed by atoms with van der Waals surface area (Å²) in [5.41, 5.74) is 0.766. The van der Waals surface area contributed by atoms with Gasteiger partial charge >= 0.3 is 6.03 Å². The highest BCUT2D eigenvalue weighted by Crippen LogP contribution is 2.23. The van der Waals surface area contributed by atoms with E-state index in [1.807, 2.05) is 30.3 Å². The lowest BCUT2D eigenvalue weighted by Gasteiger charge is -2.28. The van der Waals surface area contributed by atoms with Crippen molar-refractivity contribution in [3.63, 3.8) is 0 Å². The fourth-order valence-corrected chi connectivity index (χ4v) is 4.27. The quantitative estimate of drug-likeness (QED) is 0.894. The fraction of sp³-hybridized carbons (Fsp3) is 0.529. The summed E-state index contributed by atoms with van der Waals surface area (Å²) < 4.78 is 0. The Morgan fingerprint density at radius 2 is 1.83 bits per heavy atom. The Balaban J connectivity index is 1.58. The summed E-state index contributed by atoms with van der Waals surface area (Å²) in [7, 11) is 0. The van der Waals surface area contributed by atoms with Crippen molar-refractivity contribution < 1.29 is 9.59 Å². The van der Waals surface area contributed by atoms with Crippen molar-refractivity contribution in [1.82, 2.24) is 10.2 Å². The van der Waals surface area contributed by atoms with E-state index < -0.39 is 6.04 Å². The molecule has 1 heterocycles. The molecule has 0 unspecified atom stereocenters. The number of amides is 3. The number of urea groups is 1. The Bertz CT molecular complexity index is 546. The molecule has 1 aliphatic heterocycles. The largest absolute Gasteiger partial charge is 0.335 e. The van der Waals surface area contributed by atoms with Crippen LogP contribution in [-0.2, 0) is 4.79 Å². The van der Waals surface area contributed by atoms with Gasteiger partial charge in [0.2, 0.25) is 5.91 Å². The van der Waals surface area contributed by atoms with E-state index in [0.717, 1.165) is 18.5 Å². The molecule has 1 aromatic rings. The minimum Gasteiger partial charge on any atom is -0.335 e. The van der Waals surface area contributed by atoms with Crippen LogP contribution in [0.3, 0.4) is 0 Å². The lowest BCUT2D eigenvalue weighted by Crippen LogP contribution is -2.51. The van der Waals surface area contributed by atoms with Crippen molar-refractivity contribution in [3.05, 3.63) is 30.3 Å². The maximum absolute atomic E-state index is 12.5. The van der Waals surface area contributed by atoms with Gasteiger partial charge in [0, 0.05) is 17.5 Å². The summed E-state index contributed by atoms with van der Waals surface area (Å²) in [6.07, 6.45) is 5.71. The molecule has 2 fully saturated rings. The van der Waals surface area contributed by atoms with Crippen molar-refractivity contribution in [3.8, 4) is 0 Å². The zero-order valence-corrected chi connectivity index (χ0v) is 14.0. The normalized spacial score (nSPS) is 21.9. The van der Waals surface area contributed by atoms with E-state index in [-0.39, 0.29) is 18.0 Å². The van der Waals surface area contributed by atoms with Crippen LogP contribution in [0, 0.1) is 0 Å². The third kappa shape index (κ3) is 4.19. The standard InChI is InChI=1S/C17H23N3O2S/c21-16(18-13-7-3-1-4-8-13)15-11-23-12-20(15)17(22)19-14-9-5-2-6-10-14/h1,3-4,7-8,14-15H,2,5-6,9-12H2,(H,18,21)(H,19,22)/t15-/m0/s1. The van der Waals surface area contributed by atoms with E-state index in [0.29, 0.717) is 11.6 Å². The summed E-state index contributed by atoms with van der Waals surface area (Å²) in [5, 5.41) is 6.00. The van der Waals surface area contributed by atoms with E-state index >= 15 is 0 Å². The van der Waals surface area contributed by atoms with Gasteiger partial charge in [0.25, 0.3) is 0 Å². The van der Waals surface area contributed by atoms with Crippen LogP contribution in [0.5, 0.6) is 0 Å². The molecule has 23 heavy (non-hydrogen) atoms. The highest BCUT2D eigenvalue weighted by atomic mass is 32.2. The average Bonchev–Trinajstić information content (AvgIpc) is 3.06. The van der Waals surface area contributed by atoms with Crippen LogP contribution in [0.25, 0.3) is 0 Å². The van der Waals surface area contributed by atoms with Gasteiger partial charge in [-0.2, -0.15) is 0 Å². The molecule has 124 valence electrons. The van der Waals surface area contributed by atoms with E-state index in [2.05, 4.69) is 10.6 Å². The molecule has 2 N–H and O–H groups in total. The molecule has 0 radical (unpaired) electrons. The maximum Gasteiger partial charge on any atom is 0.319 e. The zero-order valence-electron chi connectivity index (χ0n) is 13.2. The Hall–Kier alpha value is -1.69. The Morgan fingerprint density at radius 3 is 2.57 bits per heavy atom. The molecule has 1 saturated heterocycles. The fourth-order valence-electron chi connectivity index (χ4n) is 3.11. The number of benzene rings is 1. The topological polar surface area (TPSA) is 61.4 Å². The van der Waals surface area contributed by atoms with Crippen LogP contribution in [0.2, 0.25) is 0 Å². The molecule has 2 aliphatic rings. The predicted octanol–water partition coefficient (Wildman–Crippen LogP) is 3.04. The lowest BCUT2D eigenvalue weighted by atomic mass is 9.96. The summed E-state index contributed by atoms with van der Waals surface area (Å²) in [6, 6.07) is 9.14. The minimum absolute atomic E-state index is 0.102. The second-order valence-corrected chi connectivity index (χ2v) is 7.12. The van der Waals surface area contributed by atoms with Crippen molar-refractivity contribution in [2.75, 3.05) is 16.9 Å². The Kier molecular flexibility index (Phi) is 5.43. The van der Waals surface area contributed by atoms with Gasteiger partial charge in [-0.1, -0.05) is 37.5 Å². The van der Waals surface area contributed by atoms with Crippen molar-refractivity contribution in [2.24, 2.45) is 0 Å². The molecule has 0 spiro atoms. The number of hydrogen-bond donors (Lipinski definition) is 2. The number of rotatable bonds is 3. The van der Waals surface area contributed by atoms with Gasteiger partial charge < -0.3 is 15.5 Å². The van der Waals surface area contributed by atoms with Gasteiger partial charge in [-0.3, -0.25) is 4.79 Å². The van der Waals surface area contributed by atoms with Gasteiger partial charge in [0.05, 0.1) is 5.88 Å². The highest BCUT2D eigenvalue weighted by Gasteiger charge is 2.35. The van der Waals surface area contributed by atoms with Gasteiger partial charge in [-0.15, -0.1) is 11.8 Å². The molecular formula is C17H23N3O2S. The molecule has 1 atom stereocenters. The summed E-state index contributed by atoms with van der Waals surface area (Å²) in [4.78, 5) is 26.6. The first-order valence-electron chi connectivity index (χ1n) is 8.25. The second-order valence-electron chi connectivity index (χ2n) is 6.13. The van der Waals surface area contributed by atoms with Crippen molar-refractivity contribution in [1.29, 1.82) is 0 Å². The molecule has 5 nitrogen and oxygen atoms in total. The zero-order chi connectivity index (χ0) is 16.1. The van der Waals surface area contributed by atoms with E-state index in [9.17, 15) is 9.59 Å². The molecule has 1 aromatic carbocycles. The molecule has 1 saturated carbocycles.